The van der Waals surface area contributed by atoms with Gasteiger partial charge in [-0.15, -0.1) is 6.42 Å². The second-order valence-electron chi connectivity index (χ2n) is 12.2. The van der Waals surface area contributed by atoms with Gasteiger partial charge >= 0.3 is 6.09 Å². The summed E-state index contributed by atoms with van der Waals surface area (Å²) < 4.78 is 5.43. The lowest BCUT2D eigenvalue weighted by Gasteiger charge is -2.45. The standard InChI is InChI=1S/C29H45N3O4/c1-13-20-15-17-21(18-16-20)23(24(33)31-27(5,6)7)32(29(11,12)14-2)25(34)22(19(3)4)30-26(35)36-28(8,9)10/h1,15-19,22-23H,14H2,2-12H3,(H,30,35)(H,31,33). The Bertz CT molecular complexity index is 960. The monoisotopic (exact) mass is 499 g/mol. The van der Waals surface area contributed by atoms with Gasteiger partial charge in [0.05, 0.1) is 0 Å². The minimum atomic E-state index is -0.944. The van der Waals surface area contributed by atoms with Crippen molar-refractivity contribution >= 4 is 17.9 Å². The van der Waals surface area contributed by atoms with Gasteiger partial charge in [-0.25, -0.2) is 4.79 Å². The van der Waals surface area contributed by atoms with Crippen LogP contribution in [0.25, 0.3) is 0 Å². The number of carbonyl (C=O) groups is 3. The largest absolute Gasteiger partial charge is 0.444 e. The highest BCUT2D eigenvalue weighted by Crippen LogP contribution is 2.33. The van der Waals surface area contributed by atoms with Crippen molar-refractivity contribution in [2.45, 2.75) is 111 Å². The maximum absolute atomic E-state index is 14.2. The number of nitrogens with zero attached hydrogens (tertiary/aromatic N) is 1. The van der Waals surface area contributed by atoms with Crippen molar-refractivity contribution in [2.24, 2.45) is 5.92 Å². The fourth-order valence-electron chi connectivity index (χ4n) is 3.66. The Kier molecular flexibility index (Phi) is 10.2. The van der Waals surface area contributed by atoms with Gasteiger partial charge in [0.15, 0.2) is 0 Å². The number of amides is 3. The van der Waals surface area contributed by atoms with E-state index in [1.807, 2.05) is 55.4 Å². The number of alkyl carbamates (subject to hydrolysis) is 1. The van der Waals surface area contributed by atoms with Gasteiger partial charge in [-0.05, 0) is 85.4 Å². The molecule has 7 heteroatoms. The maximum Gasteiger partial charge on any atom is 0.408 e. The molecule has 0 aliphatic rings. The van der Waals surface area contributed by atoms with E-state index in [2.05, 4.69) is 16.6 Å². The summed E-state index contributed by atoms with van der Waals surface area (Å²) in [6, 6.07) is 5.22. The van der Waals surface area contributed by atoms with Gasteiger partial charge in [0.2, 0.25) is 11.8 Å². The van der Waals surface area contributed by atoms with Gasteiger partial charge in [0.1, 0.15) is 17.7 Å². The van der Waals surface area contributed by atoms with Crippen LogP contribution in [0, 0.1) is 18.3 Å². The lowest BCUT2D eigenvalue weighted by Crippen LogP contribution is -2.61. The number of nitrogens with one attached hydrogen (secondary N) is 2. The van der Waals surface area contributed by atoms with Crippen LogP contribution < -0.4 is 10.6 Å². The van der Waals surface area contributed by atoms with Gasteiger partial charge in [0.25, 0.3) is 0 Å². The summed E-state index contributed by atoms with van der Waals surface area (Å²) in [5.41, 5.74) is -0.653. The molecule has 2 N–H and O–H groups in total. The molecule has 0 fully saturated rings. The first-order valence-corrected chi connectivity index (χ1v) is 12.5. The molecule has 1 aromatic carbocycles. The zero-order valence-electron chi connectivity index (χ0n) is 23.9. The third-order valence-corrected chi connectivity index (χ3v) is 5.76. The van der Waals surface area contributed by atoms with Crippen LogP contribution in [0.5, 0.6) is 0 Å². The molecule has 36 heavy (non-hydrogen) atoms. The van der Waals surface area contributed by atoms with Gasteiger partial charge < -0.3 is 20.3 Å². The highest BCUT2D eigenvalue weighted by atomic mass is 16.6. The lowest BCUT2D eigenvalue weighted by atomic mass is 9.90. The number of benzene rings is 1. The molecular formula is C29H45N3O4. The van der Waals surface area contributed by atoms with Crippen LogP contribution >= 0.6 is 0 Å². The topological polar surface area (TPSA) is 87.7 Å². The van der Waals surface area contributed by atoms with Crippen LogP contribution in [0.2, 0.25) is 0 Å². The van der Waals surface area contributed by atoms with Crippen molar-refractivity contribution in [1.82, 2.24) is 15.5 Å². The fourth-order valence-corrected chi connectivity index (χ4v) is 3.66. The smallest absolute Gasteiger partial charge is 0.408 e. The molecule has 0 spiro atoms. The Morgan fingerprint density at radius 3 is 1.92 bits per heavy atom. The van der Waals surface area contributed by atoms with Crippen LogP contribution in [0.1, 0.15) is 99.8 Å². The van der Waals surface area contributed by atoms with E-state index in [1.54, 1.807) is 49.9 Å². The molecule has 7 nitrogen and oxygen atoms in total. The second kappa shape index (κ2) is 11.8. The molecule has 0 radical (unpaired) electrons. The first-order chi connectivity index (χ1) is 16.3. The van der Waals surface area contributed by atoms with E-state index in [0.29, 0.717) is 17.5 Å². The predicted octanol–water partition coefficient (Wildman–Crippen LogP) is 5.19. The molecule has 0 saturated heterocycles. The third kappa shape index (κ3) is 8.89. The predicted molar refractivity (Wildman–Crippen MR) is 144 cm³/mol. The summed E-state index contributed by atoms with van der Waals surface area (Å²) in [6.45, 7) is 20.5. The van der Waals surface area contributed by atoms with E-state index >= 15 is 0 Å². The molecule has 0 saturated carbocycles. The Labute approximate surface area is 217 Å². The van der Waals surface area contributed by atoms with Crippen LogP contribution in [0.4, 0.5) is 4.79 Å². The highest BCUT2D eigenvalue weighted by Gasteiger charge is 2.44. The Hall–Kier alpha value is -3.01. The van der Waals surface area contributed by atoms with Gasteiger partial charge in [-0.1, -0.05) is 38.8 Å². The quantitative estimate of drug-likeness (QED) is 0.482. The van der Waals surface area contributed by atoms with Crippen LogP contribution in [0.3, 0.4) is 0 Å². The Balaban J connectivity index is 3.68. The van der Waals surface area contributed by atoms with E-state index < -0.39 is 34.9 Å². The van der Waals surface area contributed by atoms with Crippen molar-refractivity contribution in [1.29, 1.82) is 0 Å². The number of terminal acetylenes is 1. The van der Waals surface area contributed by atoms with Crippen molar-refractivity contribution < 1.29 is 19.1 Å². The highest BCUT2D eigenvalue weighted by molar-refractivity contribution is 5.93. The SMILES string of the molecule is C#Cc1ccc(C(C(=O)NC(C)(C)C)N(C(=O)C(NC(=O)OC(C)(C)C)C(C)C)C(C)(C)CC)cc1. The lowest BCUT2D eigenvalue weighted by molar-refractivity contribution is -0.150. The zero-order valence-corrected chi connectivity index (χ0v) is 23.9. The molecule has 3 amide bonds. The van der Waals surface area contributed by atoms with Crippen molar-refractivity contribution in [2.75, 3.05) is 0 Å². The molecule has 1 rings (SSSR count). The van der Waals surface area contributed by atoms with Crippen molar-refractivity contribution in [3.8, 4) is 12.3 Å². The molecule has 0 aromatic heterocycles. The van der Waals surface area contributed by atoms with E-state index in [1.165, 1.54) is 0 Å². The summed E-state index contributed by atoms with van der Waals surface area (Å²) in [5.74, 6) is 1.65. The zero-order chi connectivity index (χ0) is 28.1. The number of hydrogen-bond donors (Lipinski definition) is 2. The van der Waals surface area contributed by atoms with Crippen LogP contribution in [-0.4, -0.2) is 45.5 Å². The average Bonchev–Trinajstić information content (AvgIpc) is 2.72. The average molecular weight is 500 g/mol. The molecule has 0 heterocycles. The molecule has 1 aromatic rings. The first kappa shape index (κ1) is 31.0. The summed E-state index contributed by atoms with van der Waals surface area (Å²) in [4.78, 5) is 42.3. The summed E-state index contributed by atoms with van der Waals surface area (Å²) in [7, 11) is 0. The molecule has 0 bridgehead atoms. The van der Waals surface area contributed by atoms with Crippen molar-refractivity contribution in [3.05, 3.63) is 35.4 Å². The van der Waals surface area contributed by atoms with Gasteiger partial charge in [0, 0.05) is 16.6 Å². The summed E-state index contributed by atoms with van der Waals surface area (Å²) in [6.07, 6.45) is 5.43. The number of rotatable bonds is 8. The minimum Gasteiger partial charge on any atom is -0.444 e. The van der Waals surface area contributed by atoms with Crippen molar-refractivity contribution in [3.63, 3.8) is 0 Å². The minimum absolute atomic E-state index is 0.254. The summed E-state index contributed by atoms with van der Waals surface area (Å²) in [5, 5.41) is 5.78. The molecule has 200 valence electrons. The maximum atomic E-state index is 14.2. The number of ether oxygens (including phenoxy) is 1. The number of carbonyl (C=O) groups excluding carboxylic acids is 3. The van der Waals surface area contributed by atoms with E-state index in [9.17, 15) is 14.4 Å². The normalized spacial score (nSPS) is 13.9. The fraction of sp³-hybridized carbons (Fsp3) is 0.621. The third-order valence-electron chi connectivity index (χ3n) is 5.76. The van der Waals surface area contributed by atoms with Gasteiger partial charge in [-0.2, -0.15) is 0 Å². The molecular weight excluding hydrogens is 454 g/mol. The van der Waals surface area contributed by atoms with Gasteiger partial charge in [-0.3, -0.25) is 9.59 Å². The van der Waals surface area contributed by atoms with Crippen LogP contribution in [0.15, 0.2) is 24.3 Å². The summed E-state index contributed by atoms with van der Waals surface area (Å²) >= 11 is 0. The van der Waals surface area contributed by atoms with E-state index in [0.717, 1.165) is 0 Å². The molecule has 2 atom stereocenters. The van der Waals surface area contributed by atoms with Crippen LogP contribution in [-0.2, 0) is 14.3 Å². The molecule has 0 aliphatic carbocycles. The second-order valence-corrected chi connectivity index (χ2v) is 12.2. The van der Waals surface area contributed by atoms with E-state index in [-0.39, 0.29) is 17.7 Å². The first-order valence-electron chi connectivity index (χ1n) is 12.5. The Morgan fingerprint density at radius 2 is 1.53 bits per heavy atom. The molecule has 2 unspecified atom stereocenters. The number of hydrogen-bond acceptors (Lipinski definition) is 4. The molecule has 0 aliphatic heterocycles. The Morgan fingerprint density at radius 1 is 1.00 bits per heavy atom. The van der Waals surface area contributed by atoms with E-state index in [4.69, 9.17) is 11.2 Å².